The summed E-state index contributed by atoms with van der Waals surface area (Å²) in [5.74, 6) is 0.0847. The lowest BCUT2D eigenvalue weighted by Gasteiger charge is -2.15. The van der Waals surface area contributed by atoms with E-state index in [4.69, 9.17) is 0 Å². The summed E-state index contributed by atoms with van der Waals surface area (Å²) in [6.45, 7) is 3.06. The Kier molecular flexibility index (Phi) is 7.29. The van der Waals surface area contributed by atoms with Crippen molar-refractivity contribution in [2.45, 2.75) is 31.3 Å². The summed E-state index contributed by atoms with van der Waals surface area (Å²) < 4.78 is 27.3. The highest BCUT2D eigenvalue weighted by molar-refractivity contribution is 7.89. The normalized spacial score (nSPS) is 12.1. The maximum absolute atomic E-state index is 12.5. The highest BCUT2D eigenvalue weighted by Gasteiger charge is 2.22. The second-order valence-electron chi connectivity index (χ2n) is 6.69. The number of sulfonamides is 1. The van der Waals surface area contributed by atoms with Gasteiger partial charge in [0.25, 0.3) is 0 Å². The van der Waals surface area contributed by atoms with Crippen LogP contribution in [0.4, 0.5) is 11.5 Å². The Bertz CT molecular complexity index is 957. The first-order valence-corrected chi connectivity index (χ1v) is 10.4. The number of carbonyl (C=O) groups excluding carboxylic acids is 2. The van der Waals surface area contributed by atoms with Crippen LogP contribution < -0.4 is 20.3 Å². The second-order valence-corrected chi connectivity index (χ2v) is 8.40. The molecule has 29 heavy (non-hydrogen) atoms. The highest BCUT2D eigenvalue weighted by Crippen LogP contribution is 2.14. The van der Waals surface area contributed by atoms with E-state index in [1.165, 1.54) is 38.1 Å². The van der Waals surface area contributed by atoms with Gasteiger partial charge in [-0.25, -0.2) is 13.4 Å². The molecule has 0 fully saturated rings. The van der Waals surface area contributed by atoms with Crippen molar-refractivity contribution in [2.24, 2.45) is 0 Å². The summed E-state index contributed by atoms with van der Waals surface area (Å²) in [6, 6.07) is 8.37. The van der Waals surface area contributed by atoms with E-state index >= 15 is 0 Å². The molecule has 1 atom stereocenters. The molecule has 9 nitrogen and oxygen atoms in total. The summed E-state index contributed by atoms with van der Waals surface area (Å²) in [7, 11) is -0.129. The largest absolute Gasteiger partial charge is 0.363 e. The smallest absolute Gasteiger partial charge is 0.241 e. The van der Waals surface area contributed by atoms with Gasteiger partial charge in [-0.1, -0.05) is 6.07 Å². The molecule has 0 saturated carbocycles. The molecule has 156 valence electrons. The van der Waals surface area contributed by atoms with Crippen LogP contribution in [-0.4, -0.2) is 45.4 Å². The summed E-state index contributed by atoms with van der Waals surface area (Å²) in [5, 5.41) is 5.24. The summed E-state index contributed by atoms with van der Waals surface area (Å²) in [4.78, 5) is 29.4. The van der Waals surface area contributed by atoms with Crippen molar-refractivity contribution in [3.05, 3.63) is 48.2 Å². The van der Waals surface area contributed by atoms with Gasteiger partial charge >= 0.3 is 0 Å². The molecule has 3 N–H and O–H groups in total. The van der Waals surface area contributed by atoms with Crippen molar-refractivity contribution < 1.29 is 18.0 Å². The van der Waals surface area contributed by atoms with Gasteiger partial charge in [0, 0.05) is 39.4 Å². The van der Waals surface area contributed by atoms with Crippen molar-refractivity contribution >= 4 is 33.3 Å². The molecule has 2 amide bonds. The molecule has 0 aliphatic rings. The monoisotopic (exact) mass is 419 g/mol. The number of pyridine rings is 1. The number of hydrogen-bond acceptors (Lipinski definition) is 6. The van der Waals surface area contributed by atoms with E-state index < -0.39 is 22.0 Å². The molecule has 1 aromatic carbocycles. The van der Waals surface area contributed by atoms with Crippen LogP contribution in [0, 0.1) is 0 Å². The zero-order chi connectivity index (χ0) is 21.6. The second kappa shape index (κ2) is 9.48. The molecule has 2 rings (SSSR count). The molecule has 0 bridgehead atoms. The first kappa shape index (κ1) is 22.3. The number of nitrogens with one attached hydrogen (secondary N) is 3. The number of rotatable bonds is 8. The van der Waals surface area contributed by atoms with E-state index in [0.29, 0.717) is 5.69 Å². The third kappa shape index (κ3) is 6.54. The van der Waals surface area contributed by atoms with Gasteiger partial charge in [-0.2, -0.15) is 4.72 Å². The van der Waals surface area contributed by atoms with Gasteiger partial charge in [0.1, 0.15) is 5.82 Å². The van der Waals surface area contributed by atoms with Gasteiger partial charge in [-0.15, -0.1) is 0 Å². The highest BCUT2D eigenvalue weighted by atomic mass is 32.2. The average molecular weight is 420 g/mol. The fourth-order valence-electron chi connectivity index (χ4n) is 2.40. The molecule has 0 unspecified atom stereocenters. The quantitative estimate of drug-likeness (QED) is 0.589. The zero-order valence-electron chi connectivity index (χ0n) is 16.8. The molecule has 0 aliphatic carbocycles. The van der Waals surface area contributed by atoms with E-state index in [2.05, 4.69) is 20.3 Å². The van der Waals surface area contributed by atoms with Crippen molar-refractivity contribution in [2.75, 3.05) is 24.3 Å². The number of anilines is 2. The average Bonchev–Trinajstić information content (AvgIpc) is 2.66. The number of aromatic nitrogens is 1. The molecule has 0 radical (unpaired) electrons. The number of hydrogen-bond donors (Lipinski definition) is 3. The molecule has 0 spiro atoms. The minimum atomic E-state index is -3.89. The van der Waals surface area contributed by atoms with Crippen LogP contribution in [-0.2, 0) is 26.2 Å². The van der Waals surface area contributed by atoms with E-state index in [0.717, 1.165) is 11.4 Å². The van der Waals surface area contributed by atoms with Gasteiger partial charge in [0.05, 0.1) is 10.9 Å². The van der Waals surface area contributed by atoms with Crippen molar-refractivity contribution in [1.82, 2.24) is 15.0 Å². The molecular formula is C19H25N5O4S. The van der Waals surface area contributed by atoms with E-state index in [1.807, 2.05) is 31.1 Å². The van der Waals surface area contributed by atoms with Crippen molar-refractivity contribution in [1.29, 1.82) is 0 Å². The SMILES string of the molecule is CC(=O)Nc1ccc(S(=O)(=O)N[C@@H](C)C(=O)NCc2ccc(N(C)C)nc2)cc1. The van der Waals surface area contributed by atoms with Gasteiger partial charge in [-0.3, -0.25) is 9.59 Å². The Labute approximate surface area is 170 Å². The maximum Gasteiger partial charge on any atom is 0.241 e. The van der Waals surface area contributed by atoms with E-state index in [-0.39, 0.29) is 17.3 Å². The molecule has 0 saturated heterocycles. The molecule has 1 heterocycles. The standard InChI is InChI=1S/C19H25N5O4S/c1-13(19(26)21-12-15-5-10-18(20-11-15)24(3)4)23-29(27,28)17-8-6-16(7-9-17)22-14(2)25/h5-11,13,23H,12H2,1-4H3,(H,21,26)(H,22,25)/t13-/m0/s1. The lowest BCUT2D eigenvalue weighted by molar-refractivity contribution is -0.122. The molecule has 10 heteroatoms. The zero-order valence-corrected chi connectivity index (χ0v) is 17.6. The maximum atomic E-state index is 12.5. The molecule has 2 aromatic rings. The first-order chi connectivity index (χ1) is 13.6. The Balaban J connectivity index is 1.94. The van der Waals surface area contributed by atoms with Gasteiger partial charge in [0.15, 0.2) is 0 Å². The van der Waals surface area contributed by atoms with Gasteiger partial charge < -0.3 is 15.5 Å². The van der Waals surface area contributed by atoms with Crippen LogP contribution in [0.3, 0.4) is 0 Å². The topological polar surface area (TPSA) is 120 Å². The predicted octanol–water partition coefficient (Wildman–Crippen LogP) is 1.09. The van der Waals surface area contributed by atoms with Crippen LogP contribution >= 0.6 is 0 Å². The van der Waals surface area contributed by atoms with Crippen molar-refractivity contribution in [3.8, 4) is 0 Å². The Morgan fingerprint density at radius 2 is 1.76 bits per heavy atom. The lowest BCUT2D eigenvalue weighted by atomic mass is 10.2. The van der Waals surface area contributed by atoms with Crippen LogP contribution in [0.1, 0.15) is 19.4 Å². The van der Waals surface area contributed by atoms with Crippen molar-refractivity contribution in [3.63, 3.8) is 0 Å². The van der Waals surface area contributed by atoms with E-state index in [1.54, 1.807) is 6.20 Å². The van der Waals surface area contributed by atoms with Gasteiger partial charge in [-0.05, 0) is 42.8 Å². The summed E-state index contributed by atoms with van der Waals surface area (Å²) in [6.07, 6.45) is 1.65. The van der Waals surface area contributed by atoms with Gasteiger partial charge in [0.2, 0.25) is 21.8 Å². The minimum absolute atomic E-state index is 0.00488. The Morgan fingerprint density at radius 1 is 1.10 bits per heavy atom. The first-order valence-electron chi connectivity index (χ1n) is 8.88. The third-order valence-electron chi connectivity index (χ3n) is 3.94. The molecule has 0 aliphatic heterocycles. The summed E-state index contributed by atoms with van der Waals surface area (Å²) >= 11 is 0. The predicted molar refractivity (Wildman–Crippen MR) is 111 cm³/mol. The Morgan fingerprint density at radius 3 is 2.28 bits per heavy atom. The lowest BCUT2D eigenvalue weighted by Crippen LogP contribution is -2.44. The number of benzene rings is 1. The Hall–Kier alpha value is -2.98. The number of amides is 2. The third-order valence-corrected chi connectivity index (χ3v) is 5.50. The fraction of sp³-hybridized carbons (Fsp3) is 0.316. The van der Waals surface area contributed by atoms with Crippen LogP contribution in [0.5, 0.6) is 0 Å². The van der Waals surface area contributed by atoms with Crippen LogP contribution in [0.25, 0.3) is 0 Å². The number of nitrogens with zero attached hydrogens (tertiary/aromatic N) is 2. The van der Waals surface area contributed by atoms with Crippen LogP contribution in [0.2, 0.25) is 0 Å². The molecular weight excluding hydrogens is 394 g/mol. The fourth-order valence-corrected chi connectivity index (χ4v) is 3.61. The molecule has 1 aromatic heterocycles. The minimum Gasteiger partial charge on any atom is -0.363 e. The number of carbonyl (C=O) groups is 2. The van der Waals surface area contributed by atoms with Crippen LogP contribution in [0.15, 0.2) is 47.5 Å². The summed E-state index contributed by atoms with van der Waals surface area (Å²) in [5.41, 5.74) is 1.28. The van der Waals surface area contributed by atoms with E-state index in [9.17, 15) is 18.0 Å².